The fourth-order valence-corrected chi connectivity index (χ4v) is 5.27. The molecule has 2 aromatic carbocycles. The highest BCUT2D eigenvalue weighted by Gasteiger charge is 2.36. The monoisotopic (exact) mass is 531 g/mol. The first kappa shape index (κ1) is 25.7. The van der Waals surface area contributed by atoms with Gasteiger partial charge in [0.25, 0.3) is 5.91 Å². The third-order valence-electron chi connectivity index (χ3n) is 6.32. The predicted octanol–water partition coefficient (Wildman–Crippen LogP) is 4.69. The van der Waals surface area contributed by atoms with E-state index in [1.165, 1.54) is 16.8 Å². The van der Waals surface area contributed by atoms with Gasteiger partial charge in [-0.1, -0.05) is 36.4 Å². The van der Waals surface area contributed by atoms with Crippen LogP contribution in [0.2, 0.25) is 0 Å². The van der Waals surface area contributed by atoms with Crippen molar-refractivity contribution >= 4 is 45.7 Å². The van der Waals surface area contributed by atoms with Crippen molar-refractivity contribution in [3.63, 3.8) is 0 Å². The molecule has 0 atom stereocenters. The highest BCUT2D eigenvalue weighted by atomic mass is 32.2. The second-order valence-electron chi connectivity index (χ2n) is 9.05. The van der Waals surface area contributed by atoms with Gasteiger partial charge in [0.2, 0.25) is 11.1 Å². The quantitative estimate of drug-likeness (QED) is 0.496. The molecule has 0 aliphatic carbocycles. The molecule has 1 fully saturated rings. The van der Waals surface area contributed by atoms with Crippen LogP contribution in [-0.4, -0.2) is 57.5 Å². The fourth-order valence-electron chi connectivity index (χ4n) is 4.39. The van der Waals surface area contributed by atoms with E-state index in [2.05, 4.69) is 10.1 Å². The number of fused-ring (bicyclic) bond motifs is 1. The Kier molecular flexibility index (Phi) is 7.88. The van der Waals surface area contributed by atoms with Gasteiger partial charge >= 0.3 is 0 Å². The molecule has 2 amide bonds. The predicted molar refractivity (Wildman–Crippen MR) is 148 cm³/mol. The summed E-state index contributed by atoms with van der Waals surface area (Å²) in [6.45, 7) is 4.27. The zero-order valence-corrected chi connectivity index (χ0v) is 22.0. The average molecular weight is 532 g/mol. The molecule has 2 aromatic rings. The SMILES string of the molecule is CCOc1cc(/C=C2/C(=N)N3N=C(CC(=O)N4CCCCC4)SC3=NC2=O)ccc1OCc1ccccc1. The maximum atomic E-state index is 12.8. The van der Waals surface area contributed by atoms with E-state index < -0.39 is 5.91 Å². The van der Waals surface area contributed by atoms with Gasteiger partial charge in [0.1, 0.15) is 11.7 Å². The number of rotatable bonds is 8. The first-order valence-corrected chi connectivity index (χ1v) is 13.5. The molecule has 3 heterocycles. The largest absolute Gasteiger partial charge is 0.490 e. The van der Waals surface area contributed by atoms with Crippen LogP contribution in [0, 0.1) is 5.41 Å². The summed E-state index contributed by atoms with van der Waals surface area (Å²) in [5.41, 5.74) is 1.82. The Hall–Kier alpha value is -3.92. The average Bonchev–Trinajstić information content (AvgIpc) is 3.34. The lowest BCUT2D eigenvalue weighted by Gasteiger charge is -2.26. The van der Waals surface area contributed by atoms with Crippen molar-refractivity contribution in [2.75, 3.05) is 19.7 Å². The van der Waals surface area contributed by atoms with Crippen LogP contribution in [0.1, 0.15) is 43.7 Å². The number of amides is 2. The molecule has 0 radical (unpaired) electrons. The number of aliphatic imine (C=N–C) groups is 1. The molecule has 196 valence electrons. The molecule has 0 bridgehead atoms. The van der Waals surface area contributed by atoms with Gasteiger partial charge in [-0.15, -0.1) is 0 Å². The molecule has 38 heavy (non-hydrogen) atoms. The van der Waals surface area contributed by atoms with Crippen molar-refractivity contribution < 1.29 is 19.1 Å². The molecule has 0 spiro atoms. The van der Waals surface area contributed by atoms with Gasteiger partial charge < -0.3 is 14.4 Å². The molecule has 0 unspecified atom stereocenters. The van der Waals surface area contributed by atoms with Gasteiger partial charge in [-0.25, -0.2) is 0 Å². The van der Waals surface area contributed by atoms with E-state index in [9.17, 15) is 9.59 Å². The van der Waals surface area contributed by atoms with Crippen LogP contribution in [-0.2, 0) is 16.2 Å². The van der Waals surface area contributed by atoms with E-state index in [0.717, 1.165) is 37.9 Å². The number of carbonyl (C=O) groups excluding carboxylic acids is 2. The summed E-state index contributed by atoms with van der Waals surface area (Å²) in [4.78, 5) is 31.5. The Morgan fingerprint density at radius 1 is 1.08 bits per heavy atom. The number of hydrogen-bond acceptors (Lipinski definition) is 7. The summed E-state index contributed by atoms with van der Waals surface area (Å²) in [6.07, 6.45) is 4.92. The summed E-state index contributed by atoms with van der Waals surface area (Å²) >= 11 is 1.17. The maximum Gasteiger partial charge on any atom is 0.283 e. The van der Waals surface area contributed by atoms with Crippen LogP contribution in [0.5, 0.6) is 11.5 Å². The number of benzene rings is 2. The van der Waals surface area contributed by atoms with E-state index in [1.54, 1.807) is 24.3 Å². The Labute approximate surface area is 225 Å². The van der Waals surface area contributed by atoms with Crippen molar-refractivity contribution in [1.29, 1.82) is 5.41 Å². The van der Waals surface area contributed by atoms with Crippen molar-refractivity contribution in [1.82, 2.24) is 9.91 Å². The molecular weight excluding hydrogens is 502 g/mol. The second kappa shape index (κ2) is 11.6. The van der Waals surface area contributed by atoms with Gasteiger partial charge in [-0.05, 0) is 67.3 Å². The Morgan fingerprint density at radius 2 is 1.87 bits per heavy atom. The molecule has 1 saturated heterocycles. The highest BCUT2D eigenvalue weighted by molar-refractivity contribution is 8.27. The van der Waals surface area contributed by atoms with Gasteiger partial charge in [-0.3, -0.25) is 15.0 Å². The Bertz CT molecular complexity index is 1330. The topological polar surface area (TPSA) is 108 Å². The van der Waals surface area contributed by atoms with Crippen LogP contribution >= 0.6 is 11.8 Å². The minimum Gasteiger partial charge on any atom is -0.490 e. The third-order valence-corrected chi connectivity index (χ3v) is 7.23. The van der Waals surface area contributed by atoms with E-state index >= 15 is 0 Å². The van der Waals surface area contributed by atoms with Gasteiger partial charge in [-0.2, -0.15) is 15.1 Å². The normalized spacial score (nSPS) is 18.3. The zero-order valence-electron chi connectivity index (χ0n) is 21.2. The summed E-state index contributed by atoms with van der Waals surface area (Å²) in [7, 11) is 0. The number of thioether (sulfide) groups is 1. The first-order valence-electron chi connectivity index (χ1n) is 12.7. The van der Waals surface area contributed by atoms with Crippen LogP contribution in [0.3, 0.4) is 0 Å². The van der Waals surface area contributed by atoms with Gasteiger partial charge in [0.05, 0.1) is 18.6 Å². The zero-order chi connectivity index (χ0) is 26.5. The molecule has 0 aromatic heterocycles. The lowest BCUT2D eigenvalue weighted by molar-refractivity contribution is -0.130. The molecule has 9 nitrogen and oxygen atoms in total. The second-order valence-corrected chi connectivity index (χ2v) is 10.1. The number of piperidine rings is 1. The van der Waals surface area contributed by atoms with Gasteiger partial charge in [0, 0.05) is 13.1 Å². The lowest BCUT2D eigenvalue weighted by atomic mass is 10.1. The number of hydrazone groups is 1. The summed E-state index contributed by atoms with van der Waals surface area (Å²) in [5.74, 6) is 0.560. The number of ether oxygens (including phenoxy) is 2. The highest BCUT2D eigenvalue weighted by Crippen LogP contribution is 2.33. The van der Waals surface area contributed by atoms with Crippen molar-refractivity contribution in [2.24, 2.45) is 10.1 Å². The third kappa shape index (κ3) is 5.80. The van der Waals surface area contributed by atoms with Crippen molar-refractivity contribution in [3.8, 4) is 11.5 Å². The minimum absolute atomic E-state index is 0.0167. The number of carbonyl (C=O) groups is 2. The van der Waals surface area contributed by atoms with Gasteiger partial charge in [0.15, 0.2) is 17.3 Å². The molecular formula is C28H29N5O4S. The maximum absolute atomic E-state index is 12.8. The van der Waals surface area contributed by atoms with E-state index in [0.29, 0.717) is 40.5 Å². The number of nitrogens with zero attached hydrogens (tertiary/aromatic N) is 4. The van der Waals surface area contributed by atoms with Crippen molar-refractivity contribution in [2.45, 2.75) is 39.2 Å². The van der Waals surface area contributed by atoms with E-state index in [4.69, 9.17) is 14.9 Å². The molecule has 3 aliphatic heterocycles. The number of likely N-dealkylation sites (tertiary alicyclic amines) is 1. The number of nitrogens with one attached hydrogen (secondary N) is 1. The fraction of sp³-hybridized carbons (Fsp3) is 0.321. The van der Waals surface area contributed by atoms with Crippen molar-refractivity contribution in [3.05, 3.63) is 65.2 Å². The Morgan fingerprint density at radius 3 is 2.63 bits per heavy atom. The Balaban J connectivity index is 1.31. The molecule has 3 aliphatic rings. The standard InChI is InChI=1S/C28H29N5O4S/c1-2-36-23-16-20(11-12-22(23)37-18-19-9-5-3-6-10-19)15-21-26(29)33-28(30-27(21)35)38-24(31-33)17-25(34)32-13-7-4-8-14-32/h3,5-6,9-12,15-16,29H,2,4,7-8,13-14,17-18H2,1H3/b21-15-,29-26?. The smallest absolute Gasteiger partial charge is 0.283 e. The van der Waals surface area contributed by atoms with Crippen LogP contribution in [0.25, 0.3) is 6.08 Å². The first-order chi connectivity index (χ1) is 18.5. The number of amidine groups is 2. The van der Waals surface area contributed by atoms with Crippen LogP contribution in [0.15, 0.2) is 64.2 Å². The van der Waals surface area contributed by atoms with E-state index in [1.807, 2.05) is 42.2 Å². The minimum atomic E-state index is -0.519. The van der Waals surface area contributed by atoms with Crippen LogP contribution < -0.4 is 9.47 Å². The molecule has 0 saturated carbocycles. The summed E-state index contributed by atoms with van der Waals surface area (Å²) in [5, 5.41) is 15.3. The van der Waals surface area contributed by atoms with Crippen LogP contribution in [0.4, 0.5) is 0 Å². The summed E-state index contributed by atoms with van der Waals surface area (Å²) < 4.78 is 11.8. The molecule has 5 rings (SSSR count). The van der Waals surface area contributed by atoms with E-state index in [-0.39, 0.29) is 23.7 Å². The number of hydrogen-bond donors (Lipinski definition) is 1. The molecule has 10 heteroatoms. The summed E-state index contributed by atoms with van der Waals surface area (Å²) in [6, 6.07) is 15.2. The lowest BCUT2D eigenvalue weighted by Crippen LogP contribution is -2.36. The molecule has 1 N–H and O–H groups in total.